The lowest BCUT2D eigenvalue weighted by molar-refractivity contribution is 0.0955. The topological polar surface area (TPSA) is 67.5 Å². The first kappa shape index (κ1) is 11.1. The van der Waals surface area contributed by atoms with E-state index in [1.54, 1.807) is 24.3 Å². The van der Waals surface area contributed by atoms with E-state index in [-0.39, 0.29) is 5.91 Å². The molecule has 1 N–H and O–H groups in total. The number of carbonyl (C=O) groups is 1. The Hall–Kier alpha value is -2.43. The van der Waals surface area contributed by atoms with Crippen LogP contribution < -0.4 is 5.43 Å². The van der Waals surface area contributed by atoms with Crippen molar-refractivity contribution in [2.45, 2.75) is 6.92 Å². The monoisotopic (exact) mass is 229 g/mol. The zero-order chi connectivity index (χ0) is 12.1. The minimum absolute atomic E-state index is 0.305. The van der Waals surface area contributed by atoms with Crippen LogP contribution in [0.2, 0.25) is 0 Å². The fourth-order valence-electron chi connectivity index (χ4n) is 1.19. The molecule has 0 saturated heterocycles. The van der Waals surface area contributed by atoms with E-state index >= 15 is 0 Å². The first-order valence-electron chi connectivity index (χ1n) is 5.05. The van der Waals surface area contributed by atoms with Gasteiger partial charge in [0.1, 0.15) is 5.76 Å². The van der Waals surface area contributed by atoms with Gasteiger partial charge in [0, 0.05) is 11.9 Å². The smallest absolute Gasteiger partial charge is 0.272 e. The highest BCUT2D eigenvalue weighted by atomic mass is 16.3. The molecule has 0 aromatic carbocycles. The Morgan fingerprint density at radius 3 is 3.00 bits per heavy atom. The molecule has 5 heteroatoms. The Labute approximate surface area is 98.2 Å². The van der Waals surface area contributed by atoms with Crippen LogP contribution in [0.15, 0.2) is 46.2 Å². The SMILES string of the molecule is Cc1ccc(C(=O)N/N=C\c2ccco2)cn1. The lowest BCUT2D eigenvalue weighted by Gasteiger charge is -1.98. The Morgan fingerprint density at radius 2 is 2.35 bits per heavy atom. The Morgan fingerprint density at radius 1 is 1.47 bits per heavy atom. The van der Waals surface area contributed by atoms with Gasteiger partial charge in [0.2, 0.25) is 0 Å². The molecule has 0 aliphatic carbocycles. The third-order valence-corrected chi connectivity index (χ3v) is 2.07. The van der Waals surface area contributed by atoms with Crippen LogP contribution in [-0.2, 0) is 0 Å². The number of amides is 1. The second kappa shape index (κ2) is 5.07. The summed E-state index contributed by atoms with van der Waals surface area (Å²) in [6.45, 7) is 1.86. The van der Waals surface area contributed by atoms with Crippen molar-refractivity contribution >= 4 is 12.1 Å². The van der Waals surface area contributed by atoms with Gasteiger partial charge in [0.25, 0.3) is 5.91 Å². The summed E-state index contributed by atoms with van der Waals surface area (Å²) in [6.07, 6.45) is 4.47. The number of furan rings is 1. The molecule has 0 aliphatic rings. The minimum atomic E-state index is -0.305. The molecule has 5 nitrogen and oxygen atoms in total. The summed E-state index contributed by atoms with van der Waals surface area (Å²) in [5.41, 5.74) is 3.71. The molecule has 86 valence electrons. The number of nitrogens with one attached hydrogen (secondary N) is 1. The molecule has 0 spiro atoms. The molecule has 0 radical (unpaired) electrons. The number of carbonyl (C=O) groups excluding carboxylic acids is 1. The first-order chi connectivity index (χ1) is 8.25. The Bertz CT molecular complexity index is 515. The second-order valence-corrected chi connectivity index (χ2v) is 3.40. The molecule has 17 heavy (non-hydrogen) atoms. The van der Waals surface area contributed by atoms with Gasteiger partial charge in [-0.05, 0) is 31.2 Å². The van der Waals surface area contributed by atoms with E-state index in [0.29, 0.717) is 11.3 Å². The van der Waals surface area contributed by atoms with Gasteiger partial charge in [-0.3, -0.25) is 9.78 Å². The lowest BCUT2D eigenvalue weighted by Crippen LogP contribution is -2.17. The van der Waals surface area contributed by atoms with Crippen LogP contribution in [-0.4, -0.2) is 17.1 Å². The van der Waals surface area contributed by atoms with Gasteiger partial charge in [-0.25, -0.2) is 5.43 Å². The predicted octanol–water partition coefficient (Wildman–Crippen LogP) is 1.75. The average Bonchev–Trinajstić information content (AvgIpc) is 2.83. The van der Waals surface area contributed by atoms with Crippen LogP contribution in [0.1, 0.15) is 21.8 Å². The number of aromatic nitrogens is 1. The highest BCUT2D eigenvalue weighted by molar-refractivity contribution is 5.94. The molecule has 2 aromatic heterocycles. The zero-order valence-corrected chi connectivity index (χ0v) is 9.25. The van der Waals surface area contributed by atoms with Crippen molar-refractivity contribution in [3.63, 3.8) is 0 Å². The van der Waals surface area contributed by atoms with Crippen molar-refractivity contribution in [3.8, 4) is 0 Å². The van der Waals surface area contributed by atoms with E-state index in [1.807, 2.05) is 6.92 Å². The van der Waals surface area contributed by atoms with E-state index in [1.165, 1.54) is 18.7 Å². The van der Waals surface area contributed by atoms with Crippen molar-refractivity contribution in [2.24, 2.45) is 5.10 Å². The largest absolute Gasteiger partial charge is 0.463 e. The number of hydrazone groups is 1. The molecule has 0 saturated carbocycles. The highest BCUT2D eigenvalue weighted by Crippen LogP contribution is 1.99. The molecule has 0 bridgehead atoms. The molecule has 0 aliphatic heterocycles. The van der Waals surface area contributed by atoms with E-state index in [9.17, 15) is 4.79 Å². The second-order valence-electron chi connectivity index (χ2n) is 3.40. The molecule has 0 fully saturated rings. The van der Waals surface area contributed by atoms with Crippen LogP contribution in [0, 0.1) is 6.92 Å². The maximum Gasteiger partial charge on any atom is 0.272 e. The predicted molar refractivity (Wildman–Crippen MR) is 62.7 cm³/mol. The first-order valence-corrected chi connectivity index (χ1v) is 5.05. The van der Waals surface area contributed by atoms with E-state index in [4.69, 9.17) is 4.42 Å². The third-order valence-electron chi connectivity index (χ3n) is 2.07. The van der Waals surface area contributed by atoms with Gasteiger partial charge >= 0.3 is 0 Å². The van der Waals surface area contributed by atoms with Crippen LogP contribution in [0.4, 0.5) is 0 Å². The summed E-state index contributed by atoms with van der Waals surface area (Å²) >= 11 is 0. The Kier molecular flexibility index (Phi) is 3.30. The molecule has 1 amide bonds. The molecule has 0 unspecified atom stereocenters. The number of pyridine rings is 1. The molecular weight excluding hydrogens is 218 g/mol. The number of hydrogen-bond acceptors (Lipinski definition) is 4. The number of hydrogen-bond donors (Lipinski definition) is 1. The third kappa shape index (κ3) is 3.01. The van der Waals surface area contributed by atoms with Gasteiger partial charge in [0.15, 0.2) is 0 Å². The summed E-state index contributed by atoms with van der Waals surface area (Å²) in [5.74, 6) is 0.271. The van der Waals surface area contributed by atoms with Gasteiger partial charge in [-0.2, -0.15) is 5.10 Å². The number of nitrogens with zero attached hydrogens (tertiary/aromatic N) is 2. The molecule has 2 rings (SSSR count). The van der Waals surface area contributed by atoms with Crippen LogP contribution in [0.25, 0.3) is 0 Å². The summed E-state index contributed by atoms with van der Waals surface area (Å²) in [6, 6.07) is 6.95. The Balaban J connectivity index is 1.96. The average molecular weight is 229 g/mol. The van der Waals surface area contributed by atoms with E-state index < -0.39 is 0 Å². The van der Waals surface area contributed by atoms with Gasteiger partial charge in [-0.15, -0.1) is 0 Å². The van der Waals surface area contributed by atoms with Crippen molar-refractivity contribution < 1.29 is 9.21 Å². The normalized spacial score (nSPS) is 10.6. The highest BCUT2D eigenvalue weighted by Gasteiger charge is 2.03. The van der Waals surface area contributed by atoms with E-state index in [2.05, 4.69) is 15.5 Å². The van der Waals surface area contributed by atoms with Crippen molar-refractivity contribution in [1.29, 1.82) is 0 Å². The van der Waals surface area contributed by atoms with Crippen LogP contribution in [0.5, 0.6) is 0 Å². The minimum Gasteiger partial charge on any atom is -0.463 e. The molecule has 0 atom stereocenters. The fourth-order valence-corrected chi connectivity index (χ4v) is 1.19. The fraction of sp³-hybridized carbons (Fsp3) is 0.0833. The van der Waals surface area contributed by atoms with Gasteiger partial charge in [0.05, 0.1) is 18.0 Å². The summed E-state index contributed by atoms with van der Waals surface area (Å²) in [7, 11) is 0. The molecule has 2 aromatic rings. The summed E-state index contributed by atoms with van der Waals surface area (Å²) in [4.78, 5) is 15.6. The lowest BCUT2D eigenvalue weighted by atomic mass is 10.2. The zero-order valence-electron chi connectivity index (χ0n) is 9.25. The maximum atomic E-state index is 11.6. The van der Waals surface area contributed by atoms with Crippen molar-refractivity contribution in [1.82, 2.24) is 10.4 Å². The van der Waals surface area contributed by atoms with Gasteiger partial charge < -0.3 is 4.42 Å². The quantitative estimate of drug-likeness (QED) is 0.644. The maximum absolute atomic E-state index is 11.6. The van der Waals surface area contributed by atoms with Crippen LogP contribution >= 0.6 is 0 Å². The number of aryl methyl sites for hydroxylation is 1. The summed E-state index contributed by atoms with van der Waals surface area (Å²) in [5, 5.41) is 3.77. The van der Waals surface area contributed by atoms with Crippen molar-refractivity contribution in [2.75, 3.05) is 0 Å². The molecule has 2 heterocycles. The standard InChI is InChI=1S/C12H11N3O2/c1-9-4-5-10(7-13-9)12(16)15-14-8-11-3-2-6-17-11/h2-8H,1H3,(H,15,16)/b14-8-. The number of rotatable bonds is 3. The van der Waals surface area contributed by atoms with Gasteiger partial charge in [-0.1, -0.05) is 0 Å². The van der Waals surface area contributed by atoms with E-state index in [0.717, 1.165) is 5.69 Å². The summed E-state index contributed by atoms with van der Waals surface area (Å²) < 4.78 is 5.02. The van der Waals surface area contributed by atoms with Crippen molar-refractivity contribution in [3.05, 3.63) is 53.7 Å². The molecular formula is C12H11N3O2. The van der Waals surface area contributed by atoms with Crippen LogP contribution in [0.3, 0.4) is 0 Å².